The molecule has 9 nitrogen and oxygen atoms in total. The van der Waals surface area contributed by atoms with E-state index in [4.69, 9.17) is 14.2 Å². The SMILES string of the molecule is COC(=O)[C@H](CC(C)C)NC(=O)[C@H](CCC(=O)OCc1ccccc1)NC(=O)OC(C)(C)C. The van der Waals surface area contributed by atoms with Gasteiger partial charge in [0.15, 0.2) is 0 Å². The molecule has 1 aromatic rings. The van der Waals surface area contributed by atoms with Crippen LogP contribution in [0.3, 0.4) is 0 Å². The number of carbonyl (C=O) groups excluding carboxylic acids is 4. The van der Waals surface area contributed by atoms with Crippen molar-refractivity contribution in [2.45, 2.75) is 78.2 Å². The van der Waals surface area contributed by atoms with Crippen LogP contribution in [0.15, 0.2) is 30.3 Å². The van der Waals surface area contributed by atoms with Crippen LogP contribution < -0.4 is 10.6 Å². The Kier molecular flexibility index (Phi) is 11.4. The fourth-order valence-corrected chi connectivity index (χ4v) is 2.89. The molecule has 9 heteroatoms. The van der Waals surface area contributed by atoms with Gasteiger partial charge in [-0.3, -0.25) is 9.59 Å². The summed E-state index contributed by atoms with van der Waals surface area (Å²) in [4.78, 5) is 49.5. The quantitative estimate of drug-likeness (QED) is 0.381. The molecule has 0 fully saturated rings. The summed E-state index contributed by atoms with van der Waals surface area (Å²) in [7, 11) is 1.24. The lowest BCUT2D eigenvalue weighted by Gasteiger charge is -2.25. The number of hydrogen-bond donors (Lipinski definition) is 2. The molecular formula is C24H36N2O7. The first-order chi connectivity index (χ1) is 15.4. The Labute approximate surface area is 195 Å². The van der Waals surface area contributed by atoms with Crippen LogP contribution in [0.2, 0.25) is 0 Å². The summed E-state index contributed by atoms with van der Waals surface area (Å²) in [6.45, 7) is 8.99. The molecule has 2 amide bonds. The van der Waals surface area contributed by atoms with Crippen LogP contribution in [0.5, 0.6) is 0 Å². The van der Waals surface area contributed by atoms with Crippen molar-refractivity contribution < 1.29 is 33.4 Å². The number of esters is 2. The molecular weight excluding hydrogens is 428 g/mol. The van der Waals surface area contributed by atoms with Crippen LogP contribution in [-0.2, 0) is 35.2 Å². The molecule has 0 aliphatic carbocycles. The zero-order valence-electron chi connectivity index (χ0n) is 20.3. The fraction of sp³-hybridized carbons (Fsp3) is 0.583. The van der Waals surface area contributed by atoms with E-state index in [9.17, 15) is 19.2 Å². The second-order valence-corrected chi connectivity index (χ2v) is 9.10. The Balaban J connectivity index is 2.81. The molecule has 1 rings (SSSR count). The topological polar surface area (TPSA) is 120 Å². The van der Waals surface area contributed by atoms with Crippen LogP contribution >= 0.6 is 0 Å². The molecule has 184 valence electrons. The van der Waals surface area contributed by atoms with Gasteiger partial charge < -0.3 is 24.8 Å². The summed E-state index contributed by atoms with van der Waals surface area (Å²) in [5.41, 5.74) is 0.0629. The second kappa shape index (κ2) is 13.4. The summed E-state index contributed by atoms with van der Waals surface area (Å²) >= 11 is 0. The summed E-state index contributed by atoms with van der Waals surface area (Å²) in [5, 5.41) is 5.10. The molecule has 0 saturated carbocycles. The van der Waals surface area contributed by atoms with E-state index in [0.29, 0.717) is 6.42 Å². The number of hydrogen-bond acceptors (Lipinski definition) is 7. The first kappa shape index (κ1) is 27.9. The standard InChI is InChI=1S/C24H36N2O7/c1-16(2)14-19(22(29)31-6)25-21(28)18(26-23(30)33-24(3,4)5)12-13-20(27)32-15-17-10-8-7-9-11-17/h7-11,16,18-19H,12-15H2,1-6H3,(H,25,28)(H,26,30)/t18-,19-/m0/s1. The molecule has 0 heterocycles. The van der Waals surface area contributed by atoms with Gasteiger partial charge in [0.2, 0.25) is 5.91 Å². The van der Waals surface area contributed by atoms with Crippen molar-refractivity contribution in [1.82, 2.24) is 10.6 Å². The first-order valence-corrected chi connectivity index (χ1v) is 11.0. The van der Waals surface area contributed by atoms with Gasteiger partial charge in [-0.1, -0.05) is 44.2 Å². The molecule has 0 unspecified atom stereocenters. The number of alkyl carbamates (subject to hydrolysis) is 1. The molecule has 2 N–H and O–H groups in total. The van der Waals surface area contributed by atoms with E-state index >= 15 is 0 Å². The van der Waals surface area contributed by atoms with E-state index < -0.39 is 41.6 Å². The number of rotatable bonds is 11. The Morgan fingerprint density at radius 1 is 0.970 bits per heavy atom. The van der Waals surface area contributed by atoms with Crippen LogP contribution in [-0.4, -0.2) is 48.7 Å². The normalized spacial score (nSPS) is 12.9. The third kappa shape index (κ3) is 11.9. The highest BCUT2D eigenvalue weighted by Gasteiger charge is 2.29. The minimum Gasteiger partial charge on any atom is -0.467 e. The van der Waals surface area contributed by atoms with Gasteiger partial charge in [0.25, 0.3) is 0 Å². The summed E-state index contributed by atoms with van der Waals surface area (Å²) < 4.78 is 15.2. The summed E-state index contributed by atoms with van der Waals surface area (Å²) in [6.07, 6.45) is -0.600. The largest absolute Gasteiger partial charge is 0.467 e. The fourth-order valence-electron chi connectivity index (χ4n) is 2.89. The van der Waals surface area contributed by atoms with E-state index in [1.807, 2.05) is 44.2 Å². The zero-order valence-corrected chi connectivity index (χ0v) is 20.3. The van der Waals surface area contributed by atoms with Crippen LogP contribution in [0.25, 0.3) is 0 Å². The van der Waals surface area contributed by atoms with Crippen LogP contribution in [0.1, 0.15) is 59.4 Å². The molecule has 0 spiro atoms. The van der Waals surface area contributed by atoms with Crippen molar-refractivity contribution in [2.75, 3.05) is 7.11 Å². The van der Waals surface area contributed by atoms with Gasteiger partial charge in [-0.25, -0.2) is 9.59 Å². The molecule has 0 aliphatic rings. The van der Waals surface area contributed by atoms with E-state index in [-0.39, 0.29) is 25.4 Å². The molecule has 2 atom stereocenters. The zero-order chi connectivity index (χ0) is 25.0. The second-order valence-electron chi connectivity index (χ2n) is 9.10. The third-order valence-electron chi connectivity index (χ3n) is 4.40. The highest BCUT2D eigenvalue weighted by molar-refractivity contribution is 5.90. The minimum absolute atomic E-state index is 0.0335. The van der Waals surface area contributed by atoms with Gasteiger partial charge in [0.05, 0.1) is 7.11 Å². The number of nitrogens with one attached hydrogen (secondary N) is 2. The van der Waals surface area contributed by atoms with Crippen molar-refractivity contribution in [3.05, 3.63) is 35.9 Å². The first-order valence-electron chi connectivity index (χ1n) is 11.0. The van der Waals surface area contributed by atoms with Crippen molar-refractivity contribution >= 4 is 23.9 Å². The van der Waals surface area contributed by atoms with Gasteiger partial charge in [-0.05, 0) is 45.1 Å². The van der Waals surface area contributed by atoms with Gasteiger partial charge in [0.1, 0.15) is 24.3 Å². The smallest absolute Gasteiger partial charge is 0.408 e. The van der Waals surface area contributed by atoms with Crippen molar-refractivity contribution in [3.63, 3.8) is 0 Å². The van der Waals surface area contributed by atoms with Crippen LogP contribution in [0.4, 0.5) is 4.79 Å². The number of methoxy groups -OCH3 is 1. The lowest BCUT2D eigenvalue weighted by Crippen LogP contribution is -2.53. The van der Waals surface area contributed by atoms with E-state index in [1.165, 1.54) is 7.11 Å². The van der Waals surface area contributed by atoms with Crippen LogP contribution in [0, 0.1) is 5.92 Å². The lowest BCUT2D eigenvalue weighted by molar-refractivity contribution is -0.147. The highest BCUT2D eigenvalue weighted by Crippen LogP contribution is 2.11. The molecule has 0 radical (unpaired) electrons. The average molecular weight is 465 g/mol. The lowest BCUT2D eigenvalue weighted by atomic mass is 10.0. The third-order valence-corrected chi connectivity index (χ3v) is 4.40. The Bertz CT molecular complexity index is 788. The Hall–Kier alpha value is -3.10. The highest BCUT2D eigenvalue weighted by atomic mass is 16.6. The van der Waals surface area contributed by atoms with Gasteiger partial charge in [0, 0.05) is 6.42 Å². The van der Waals surface area contributed by atoms with E-state index in [0.717, 1.165) is 5.56 Å². The number of carbonyl (C=O) groups is 4. The molecule has 0 aromatic heterocycles. The number of benzene rings is 1. The molecule has 0 bridgehead atoms. The van der Waals surface area contributed by atoms with Crippen molar-refractivity contribution in [1.29, 1.82) is 0 Å². The minimum atomic E-state index is -1.11. The molecule has 1 aromatic carbocycles. The maximum Gasteiger partial charge on any atom is 0.408 e. The maximum absolute atomic E-state index is 12.9. The summed E-state index contributed by atoms with van der Waals surface area (Å²) in [6, 6.07) is 7.20. The van der Waals surface area contributed by atoms with Crippen molar-refractivity contribution in [2.24, 2.45) is 5.92 Å². The predicted molar refractivity (Wildman–Crippen MR) is 122 cm³/mol. The van der Waals surface area contributed by atoms with Gasteiger partial charge in [-0.15, -0.1) is 0 Å². The predicted octanol–water partition coefficient (Wildman–Crippen LogP) is 3.11. The molecule has 33 heavy (non-hydrogen) atoms. The Morgan fingerprint density at radius 3 is 2.15 bits per heavy atom. The van der Waals surface area contributed by atoms with Crippen molar-refractivity contribution in [3.8, 4) is 0 Å². The van der Waals surface area contributed by atoms with Gasteiger partial charge >= 0.3 is 18.0 Å². The van der Waals surface area contributed by atoms with E-state index in [1.54, 1.807) is 20.8 Å². The number of amides is 2. The maximum atomic E-state index is 12.9. The molecule has 0 saturated heterocycles. The average Bonchev–Trinajstić information content (AvgIpc) is 2.73. The summed E-state index contributed by atoms with van der Waals surface area (Å²) in [5.74, 6) is -1.61. The van der Waals surface area contributed by atoms with Gasteiger partial charge in [-0.2, -0.15) is 0 Å². The molecule has 0 aliphatic heterocycles. The monoisotopic (exact) mass is 464 g/mol. The van der Waals surface area contributed by atoms with E-state index in [2.05, 4.69) is 10.6 Å². The Morgan fingerprint density at radius 2 is 1.61 bits per heavy atom. The number of ether oxygens (including phenoxy) is 3.